The van der Waals surface area contributed by atoms with Gasteiger partial charge in [0.2, 0.25) is 5.95 Å². The summed E-state index contributed by atoms with van der Waals surface area (Å²) in [6.07, 6.45) is 0. The van der Waals surface area contributed by atoms with Gasteiger partial charge in [-0.3, -0.25) is 0 Å². The first kappa shape index (κ1) is 12.7. The van der Waals surface area contributed by atoms with Crippen LogP contribution in [0.3, 0.4) is 0 Å². The Hall–Kier alpha value is -2.30. The van der Waals surface area contributed by atoms with Crippen LogP contribution < -0.4 is 5.73 Å². The molecule has 0 saturated carbocycles. The lowest BCUT2D eigenvalue weighted by Gasteiger charge is -2.12. The predicted octanol–water partition coefficient (Wildman–Crippen LogP) is 2.77. The van der Waals surface area contributed by atoms with Gasteiger partial charge in [-0.15, -0.1) is 0 Å². The summed E-state index contributed by atoms with van der Waals surface area (Å²) < 4.78 is 3.90. The van der Waals surface area contributed by atoms with E-state index in [0.717, 1.165) is 29.2 Å². The number of rotatable bonds is 3. The number of para-hydroxylation sites is 2. The van der Waals surface area contributed by atoms with Crippen LogP contribution in [-0.2, 0) is 6.54 Å². The Labute approximate surface area is 118 Å². The lowest BCUT2D eigenvalue weighted by atomic mass is 10.2. The summed E-state index contributed by atoms with van der Waals surface area (Å²) in [5.74, 6) is 1.91. The Morgan fingerprint density at radius 1 is 1.25 bits per heavy atom. The molecule has 3 aromatic rings. The van der Waals surface area contributed by atoms with Gasteiger partial charge in [0.1, 0.15) is 5.82 Å². The number of nitrogens with two attached hydrogens (primary N) is 1. The molecule has 104 valence electrons. The molecule has 2 aromatic heterocycles. The summed E-state index contributed by atoms with van der Waals surface area (Å²) in [6.45, 7) is 7.20. The van der Waals surface area contributed by atoms with Crippen LogP contribution in [0.5, 0.6) is 0 Å². The fourth-order valence-corrected chi connectivity index (χ4v) is 2.45. The van der Waals surface area contributed by atoms with Crippen molar-refractivity contribution in [1.29, 1.82) is 0 Å². The quantitative estimate of drug-likeness (QED) is 0.795. The van der Waals surface area contributed by atoms with E-state index < -0.39 is 0 Å². The minimum Gasteiger partial charge on any atom is -0.383 e. The van der Waals surface area contributed by atoms with Gasteiger partial charge < -0.3 is 10.3 Å². The van der Waals surface area contributed by atoms with E-state index >= 15 is 0 Å². The molecule has 2 heterocycles. The first-order chi connectivity index (χ1) is 9.56. The van der Waals surface area contributed by atoms with Gasteiger partial charge in [0, 0.05) is 12.6 Å². The van der Waals surface area contributed by atoms with E-state index in [2.05, 4.69) is 29.6 Å². The normalized spacial score (nSPS) is 11.6. The van der Waals surface area contributed by atoms with E-state index in [9.17, 15) is 0 Å². The van der Waals surface area contributed by atoms with E-state index in [1.54, 1.807) is 4.68 Å². The Kier molecular flexibility index (Phi) is 2.97. The van der Waals surface area contributed by atoms with Crippen molar-refractivity contribution >= 4 is 16.9 Å². The molecule has 0 spiro atoms. The summed E-state index contributed by atoms with van der Waals surface area (Å²) in [4.78, 5) is 4.69. The summed E-state index contributed by atoms with van der Waals surface area (Å²) in [5, 5.41) is 4.45. The average molecular weight is 269 g/mol. The number of anilines is 1. The Morgan fingerprint density at radius 3 is 2.65 bits per heavy atom. The van der Waals surface area contributed by atoms with Gasteiger partial charge in [0.05, 0.1) is 16.7 Å². The molecule has 0 amide bonds. The van der Waals surface area contributed by atoms with Gasteiger partial charge in [-0.2, -0.15) is 9.78 Å². The molecule has 5 nitrogen and oxygen atoms in total. The molecular formula is C15H19N5. The second kappa shape index (κ2) is 4.67. The van der Waals surface area contributed by atoms with E-state index in [4.69, 9.17) is 10.7 Å². The van der Waals surface area contributed by atoms with Crippen LogP contribution in [0, 0.1) is 12.8 Å². The molecule has 0 saturated heterocycles. The van der Waals surface area contributed by atoms with Crippen LogP contribution in [0.2, 0.25) is 0 Å². The number of nitrogen functional groups attached to an aromatic ring is 1. The number of fused-ring (bicyclic) bond motifs is 1. The van der Waals surface area contributed by atoms with Crippen molar-refractivity contribution in [2.75, 3.05) is 5.73 Å². The highest BCUT2D eigenvalue weighted by Crippen LogP contribution is 2.22. The highest BCUT2D eigenvalue weighted by molar-refractivity contribution is 5.77. The van der Waals surface area contributed by atoms with Crippen molar-refractivity contribution in [2.45, 2.75) is 27.3 Å². The summed E-state index contributed by atoms with van der Waals surface area (Å²) in [7, 11) is 0. The lowest BCUT2D eigenvalue weighted by Crippen LogP contribution is -2.13. The third-order valence-electron chi connectivity index (χ3n) is 3.23. The molecule has 0 aliphatic heterocycles. The van der Waals surface area contributed by atoms with Crippen LogP contribution in [0.15, 0.2) is 30.3 Å². The first-order valence-electron chi connectivity index (χ1n) is 6.84. The predicted molar refractivity (Wildman–Crippen MR) is 80.8 cm³/mol. The number of benzene rings is 1. The molecule has 0 unspecified atom stereocenters. The van der Waals surface area contributed by atoms with Crippen molar-refractivity contribution in [1.82, 2.24) is 19.3 Å². The number of hydrogen-bond acceptors (Lipinski definition) is 3. The minimum atomic E-state index is 0.518. The molecule has 2 N–H and O–H groups in total. The maximum atomic E-state index is 6.04. The van der Waals surface area contributed by atoms with Gasteiger partial charge in [-0.1, -0.05) is 26.0 Å². The summed E-state index contributed by atoms with van der Waals surface area (Å²) >= 11 is 0. The standard InChI is InChI=1S/C15H19N5/c1-10(2)9-19-13-7-5-4-6-12(13)17-15(19)20-14(16)8-11(3)18-20/h4-8,10H,9,16H2,1-3H3. The Morgan fingerprint density at radius 2 is 2.00 bits per heavy atom. The largest absolute Gasteiger partial charge is 0.383 e. The molecule has 3 rings (SSSR count). The molecule has 0 aliphatic carbocycles. The number of nitrogens with zero attached hydrogens (tertiary/aromatic N) is 4. The minimum absolute atomic E-state index is 0.518. The van der Waals surface area contributed by atoms with E-state index in [1.807, 2.05) is 31.2 Å². The zero-order valence-electron chi connectivity index (χ0n) is 12.0. The third kappa shape index (κ3) is 2.05. The smallest absolute Gasteiger partial charge is 0.233 e. The van der Waals surface area contributed by atoms with Crippen molar-refractivity contribution < 1.29 is 0 Å². The van der Waals surface area contributed by atoms with Crippen LogP contribution in [-0.4, -0.2) is 19.3 Å². The number of hydrogen-bond donors (Lipinski definition) is 1. The van der Waals surface area contributed by atoms with Gasteiger partial charge in [0.25, 0.3) is 0 Å². The van der Waals surface area contributed by atoms with Gasteiger partial charge in [-0.05, 0) is 25.0 Å². The number of imidazole rings is 1. The zero-order valence-corrected chi connectivity index (χ0v) is 12.0. The first-order valence-corrected chi connectivity index (χ1v) is 6.84. The van der Waals surface area contributed by atoms with Crippen molar-refractivity contribution in [3.63, 3.8) is 0 Å². The van der Waals surface area contributed by atoms with E-state index in [1.165, 1.54) is 0 Å². The topological polar surface area (TPSA) is 61.7 Å². The summed E-state index contributed by atoms with van der Waals surface area (Å²) in [5.41, 5.74) is 9.02. The molecule has 0 bridgehead atoms. The SMILES string of the molecule is Cc1cc(N)n(-c2nc3ccccc3n2CC(C)C)n1. The highest BCUT2D eigenvalue weighted by atomic mass is 15.4. The van der Waals surface area contributed by atoms with Gasteiger partial charge in [-0.25, -0.2) is 4.98 Å². The van der Waals surface area contributed by atoms with E-state index in [0.29, 0.717) is 11.7 Å². The molecule has 0 radical (unpaired) electrons. The maximum Gasteiger partial charge on any atom is 0.233 e. The molecule has 0 aliphatic rings. The van der Waals surface area contributed by atoms with Crippen LogP contribution in [0.4, 0.5) is 5.82 Å². The van der Waals surface area contributed by atoms with E-state index in [-0.39, 0.29) is 0 Å². The van der Waals surface area contributed by atoms with Crippen molar-refractivity contribution in [3.8, 4) is 5.95 Å². The molecule has 5 heteroatoms. The van der Waals surface area contributed by atoms with Crippen LogP contribution in [0.25, 0.3) is 17.0 Å². The van der Waals surface area contributed by atoms with Crippen molar-refractivity contribution in [2.24, 2.45) is 5.92 Å². The lowest BCUT2D eigenvalue weighted by molar-refractivity contribution is 0.521. The van der Waals surface area contributed by atoms with Gasteiger partial charge in [0.15, 0.2) is 0 Å². The molecule has 0 atom stereocenters. The van der Waals surface area contributed by atoms with Gasteiger partial charge >= 0.3 is 0 Å². The molecule has 20 heavy (non-hydrogen) atoms. The third-order valence-corrected chi connectivity index (χ3v) is 3.23. The zero-order chi connectivity index (χ0) is 14.3. The highest BCUT2D eigenvalue weighted by Gasteiger charge is 2.16. The fraction of sp³-hybridized carbons (Fsp3) is 0.333. The van der Waals surface area contributed by atoms with Crippen molar-refractivity contribution in [3.05, 3.63) is 36.0 Å². The molecule has 0 fully saturated rings. The van der Waals surface area contributed by atoms with Crippen LogP contribution >= 0.6 is 0 Å². The maximum absolute atomic E-state index is 6.04. The summed E-state index contributed by atoms with van der Waals surface area (Å²) in [6, 6.07) is 9.99. The molecule has 1 aromatic carbocycles. The van der Waals surface area contributed by atoms with Crippen LogP contribution in [0.1, 0.15) is 19.5 Å². The number of aryl methyl sites for hydroxylation is 1. The Balaban J connectivity index is 2.26. The fourth-order valence-electron chi connectivity index (χ4n) is 2.45. The second-order valence-electron chi connectivity index (χ2n) is 5.53. The molecular weight excluding hydrogens is 250 g/mol. The average Bonchev–Trinajstić information content (AvgIpc) is 2.90. The Bertz CT molecular complexity index is 751. The monoisotopic (exact) mass is 269 g/mol. The number of aromatic nitrogens is 4. The second-order valence-corrected chi connectivity index (χ2v) is 5.53.